The number of para-hydroxylation sites is 1. The number of aromatic carboxylic acids is 1. The van der Waals surface area contributed by atoms with Crippen LogP contribution in [0.3, 0.4) is 0 Å². The molecule has 0 unspecified atom stereocenters. The van der Waals surface area contributed by atoms with Crippen LogP contribution in [0, 0.1) is 0 Å². The van der Waals surface area contributed by atoms with Crippen molar-refractivity contribution in [3.63, 3.8) is 0 Å². The van der Waals surface area contributed by atoms with E-state index in [1.54, 1.807) is 37.4 Å². The number of aromatic nitrogens is 1. The molecule has 134 valence electrons. The highest BCUT2D eigenvalue weighted by atomic mass is 79.9. The zero-order valence-corrected chi connectivity index (χ0v) is 16.0. The van der Waals surface area contributed by atoms with Crippen molar-refractivity contribution in [3.05, 3.63) is 46.4 Å². The van der Waals surface area contributed by atoms with Crippen molar-refractivity contribution in [2.24, 2.45) is 0 Å². The molecule has 0 fully saturated rings. The molecule has 7 heteroatoms. The van der Waals surface area contributed by atoms with Gasteiger partial charge in [-0.15, -0.1) is 0 Å². The van der Waals surface area contributed by atoms with E-state index in [4.69, 9.17) is 14.2 Å². The standard InChI is InChI=1S/C19H16BrNO5/c1-24-15-6-4-5-11-12(19(22)23)9-14(21-17(11)15)10-7-13(20)18(26-3)16(8-10)25-2/h4-9H,1-3H3,(H,22,23). The summed E-state index contributed by atoms with van der Waals surface area (Å²) >= 11 is 3.45. The zero-order chi connectivity index (χ0) is 18.8. The van der Waals surface area contributed by atoms with Gasteiger partial charge in [0.2, 0.25) is 0 Å². The highest BCUT2D eigenvalue weighted by Crippen LogP contribution is 2.40. The summed E-state index contributed by atoms with van der Waals surface area (Å²) in [6.45, 7) is 0. The van der Waals surface area contributed by atoms with Crippen molar-refractivity contribution in [1.82, 2.24) is 4.98 Å². The molecule has 0 spiro atoms. The van der Waals surface area contributed by atoms with Gasteiger partial charge in [-0.1, -0.05) is 12.1 Å². The Bertz CT molecular complexity index is 1000. The monoisotopic (exact) mass is 417 g/mol. The molecule has 0 aliphatic rings. The first-order chi connectivity index (χ1) is 12.5. The van der Waals surface area contributed by atoms with Crippen LogP contribution in [0.25, 0.3) is 22.2 Å². The summed E-state index contributed by atoms with van der Waals surface area (Å²) in [4.78, 5) is 16.4. The van der Waals surface area contributed by atoms with Crippen LogP contribution >= 0.6 is 15.9 Å². The Morgan fingerprint density at radius 1 is 1.04 bits per heavy atom. The van der Waals surface area contributed by atoms with Crippen molar-refractivity contribution < 1.29 is 24.1 Å². The van der Waals surface area contributed by atoms with Gasteiger partial charge in [-0.05, 0) is 40.2 Å². The quantitative estimate of drug-likeness (QED) is 0.663. The Morgan fingerprint density at radius 3 is 2.38 bits per heavy atom. The number of hydrogen-bond acceptors (Lipinski definition) is 5. The number of nitrogens with zero attached hydrogens (tertiary/aromatic N) is 1. The second-order valence-electron chi connectivity index (χ2n) is 5.41. The molecule has 0 atom stereocenters. The lowest BCUT2D eigenvalue weighted by atomic mass is 10.0. The molecule has 1 N–H and O–H groups in total. The molecular weight excluding hydrogens is 402 g/mol. The minimum atomic E-state index is -1.04. The summed E-state index contributed by atoms with van der Waals surface area (Å²) in [5.74, 6) is 0.529. The highest BCUT2D eigenvalue weighted by Gasteiger charge is 2.18. The molecule has 3 rings (SSSR count). The number of carboxylic acid groups (broad SMARTS) is 1. The first kappa shape index (κ1) is 18.0. The third-order valence-electron chi connectivity index (χ3n) is 3.98. The van der Waals surface area contributed by atoms with E-state index in [-0.39, 0.29) is 5.56 Å². The van der Waals surface area contributed by atoms with Gasteiger partial charge in [0.05, 0.1) is 37.1 Å². The van der Waals surface area contributed by atoms with Crippen LogP contribution in [0.5, 0.6) is 17.2 Å². The lowest BCUT2D eigenvalue weighted by Crippen LogP contribution is -2.01. The average molecular weight is 418 g/mol. The minimum Gasteiger partial charge on any atom is -0.494 e. The van der Waals surface area contributed by atoms with Gasteiger partial charge in [0.25, 0.3) is 0 Å². The van der Waals surface area contributed by atoms with Crippen LogP contribution < -0.4 is 14.2 Å². The van der Waals surface area contributed by atoms with Gasteiger partial charge < -0.3 is 19.3 Å². The minimum absolute atomic E-state index is 0.148. The maximum absolute atomic E-state index is 11.8. The lowest BCUT2D eigenvalue weighted by molar-refractivity contribution is 0.0699. The van der Waals surface area contributed by atoms with Crippen molar-refractivity contribution in [1.29, 1.82) is 0 Å². The number of benzene rings is 2. The number of rotatable bonds is 5. The topological polar surface area (TPSA) is 77.9 Å². The maximum Gasteiger partial charge on any atom is 0.336 e. The fourth-order valence-electron chi connectivity index (χ4n) is 2.78. The predicted molar refractivity (Wildman–Crippen MR) is 101 cm³/mol. The van der Waals surface area contributed by atoms with Crippen molar-refractivity contribution in [2.75, 3.05) is 21.3 Å². The lowest BCUT2D eigenvalue weighted by Gasteiger charge is -2.13. The molecule has 0 aliphatic carbocycles. The molecule has 1 heterocycles. The Kier molecular flexibility index (Phi) is 4.99. The number of fused-ring (bicyclic) bond motifs is 1. The summed E-state index contributed by atoms with van der Waals surface area (Å²) in [7, 11) is 4.61. The summed E-state index contributed by atoms with van der Waals surface area (Å²) in [6.07, 6.45) is 0. The molecule has 0 aliphatic heterocycles. The molecule has 0 bridgehead atoms. The van der Waals surface area contributed by atoms with Gasteiger partial charge in [-0.2, -0.15) is 0 Å². The SMILES string of the molecule is COc1cc(-c2cc(C(=O)O)c3cccc(OC)c3n2)cc(Br)c1OC. The van der Waals surface area contributed by atoms with Crippen LogP contribution in [0.15, 0.2) is 40.9 Å². The Hall–Kier alpha value is -2.80. The number of ether oxygens (including phenoxy) is 3. The average Bonchev–Trinajstić information content (AvgIpc) is 2.65. The highest BCUT2D eigenvalue weighted by molar-refractivity contribution is 9.10. The van der Waals surface area contributed by atoms with E-state index in [2.05, 4.69) is 20.9 Å². The summed E-state index contributed by atoms with van der Waals surface area (Å²) in [5.41, 5.74) is 1.80. The van der Waals surface area contributed by atoms with Gasteiger partial charge in [0.15, 0.2) is 11.5 Å². The van der Waals surface area contributed by atoms with Crippen LogP contribution in [0.1, 0.15) is 10.4 Å². The normalized spacial score (nSPS) is 10.6. The van der Waals surface area contributed by atoms with Crippen LogP contribution in [0.2, 0.25) is 0 Å². The van der Waals surface area contributed by atoms with E-state index in [1.807, 2.05) is 0 Å². The van der Waals surface area contributed by atoms with Gasteiger partial charge in [-0.3, -0.25) is 0 Å². The van der Waals surface area contributed by atoms with E-state index in [9.17, 15) is 9.90 Å². The summed E-state index contributed by atoms with van der Waals surface area (Å²) < 4.78 is 16.7. The van der Waals surface area contributed by atoms with E-state index in [1.165, 1.54) is 20.3 Å². The van der Waals surface area contributed by atoms with Crippen LogP contribution in [0.4, 0.5) is 0 Å². The van der Waals surface area contributed by atoms with Gasteiger partial charge >= 0.3 is 5.97 Å². The van der Waals surface area contributed by atoms with E-state index < -0.39 is 5.97 Å². The van der Waals surface area contributed by atoms with Crippen molar-refractivity contribution in [3.8, 4) is 28.5 Å². The van der Waals surface area contributed by atoms with Crippen molar-refractivity contribution in [2.45, 2.75) is 0 Å². The molecule has 0 radical (unpaired) electrons. The van der Waals surface area contributed by atoms with Gasteiger partial charge in [0.1, 0.15) is 11.3 Å². The molecular formula is C19H16BrNO5. The number of hydrogen-bond donors (Lipinski definition) is 1. The Balaban J connectivity index is 2.32. The van der Waals surface area contributed by atoms with E-state index in [0.717, 1.165) is 0 Å². The van der Waals surface area contributed by atoms with Gasteiger partial charge in [0, 0.05) is 10.9 Å². The van der Waals surface area contributed by atoms with Gasteiger partial charge in [-0.25, -0.2) is 9.78 Å². The van der Waals surface area contributed by atoms with Crippen molar-refractivity contribution >= 4 is 32.8 Å². The largest absolute Gasteiger partial charge is 0.494 e. The predicted octanol–water partition coefficient (Wildman–Crippen LogP) is 4.39. The number of pyridine rings is 1. The second kappa shape index (κ2) is 7.21. The summed E-state index contributed by atoms with van der Waals surface area (Å²) in [6, 6.07) is 10.3. The first-order valence-corrected chi connectivity index (χ1v) is 8.42. The molecule has 26 heavy (non-hydrogen) atoms. The molecule has 6 nitrogen and oxygen atoms in total. The molecule has 2 aromatic carbocycles. The smallest absolute Gasteiger partial charge is 0.336 e. The number of halogens is 1. The molecule has 0 saturated heterocycles. The molecule has 1 aromatic heterocycles. The van der Waals surface area contributed by atoms with Crippen LogP contribution in [-0.2, 0) is 0 Å². The first-order valence-electron chi connectivity index (χ1n) is 7.63. The third-order valence-corrected chi connectivity index (χ3v) is 4.57. The fraction of sp³-hybridized carbons (Fsp3) is 0.158. The maximum atomic E-state index is 11.8. The number of carbonyl (C=O) groups is 1. The van der Waals surface area contributed by atoms with E-state index >= 15 is 0 Å². The fourth-order valence-corrected chi connectivity index (χ4v) is 3.38. The Labute approximate surface area is 158 Å². The Morgan fingerprint density at radius 2 is 1.77 bits per heavy atom. The van der Waals surface area contributed by atoms with Crippen LogP contribution in [-0.4, -0.2) is 37.4 Å². The number of methoxy groups -OCH3 is 3. The molecule has 0 saturated carbocycles. The van der Waals surface area contributed by atoms with E-state index in [0.29, 0.717) is 43.9 Å². The second-order valence-corrected chi connectivity index (χ2v) is 6.26. The summed E-state index contributed by atoms with van der Waals surface area (Å²) in [5, 5.41) is 10.1. The molecule has 3 aromatic rings. The number of carboxylic acids is 1. The zero-order valence-electron chi connectivity index (χ0n) is 14.4. The third kappa shape index (κ3) is 3.06. The molecule has 0 amide bonds.